The minimum Gasteiger partial charge on any atom is -0.462 e. The Kier molecular flexibility index (Phi) is 2.39. The first kappa shape index (κ1) is 9.06. The van der Waals surface area contributed by atoms with Crippen LogP contribution in [0.3, 0.4) is 0 Å². The van der Waals surface area contributed by atoms with Crippen molar-refractivity contribution in [2.75, 3.05) is 0 Å². The number of carbonyl (C=O) groups is 1. The molecule has 0 aliphatic heterocycles. The third kappa shape index (κ3) is 2.49. The summed E-state index contributed by atoms with van der Waals surface area (Å²) in [6, 6.07) is 4.12. The van der Waals surface area contributed by atoms with E-state index in [0.29, 0.717) is 11.8 Å². The average Bonchev–Trinajstić information content (AvgIpc) is 2.85. The zero-order valence-electron chi connectivity index (χ0n) is 8.12. The standard InChI is InChI=1S/C11H13NO2/c1-8-2-5-10(14-8)6-7-11(13)12-9-3-4-9/h2,5-7,9H,3-4H2,1H3,(H,12,13). The molecular formula is C11H13NO2. The van der Waals surface area contributed by atoms with Gasteiger partial charge in [0.1, 0.15) is 11.5 Å². The van der Waals surface area contributed by atoms with Crippen molar-refractivity contribution >= 4 is 12.0 Å². The van der Waals surface area contributed by atoms with Gasteiger partial charge in [0.05, 0.1) is 0 Å². The molecule has 0 spiro atoms. The lowest BCUT2D eigenvalue weighted by Gasteiger charge is -1.95. The molecule has 1 aliphatic carbocycles. The lowest BCUT2D eigenvalue weighted by atomic mass is 10.4. The molecule has 3 nitrogen and oxygen atoms in total. The first-order valence-electron chi connectivity index (χ1n) is 4.79. The normalized spacial score (nSPS) is 16.1. The second-order valence-corrected chi connectivity index (χ2v) is 3.56. The fourth-order valence-electron chi connectivity index (χ4n) is 1.18. The van der Waals surface area contributed by atoms with E-state index in [1.807, 2.05) is 19.1 Å². The number of aryl methyl sites for hydroxylation is 1. The Morgan fingerprint density at radius 1 is 1.57 bits per heavy atom. The molecule has 1 aromatic heterocycles. The molecule has 0 bridgehead atoms. The molecule has 0 unspecified atom stereocenters. The molecule has 0 radical (unpaired) electrons. The van der Waals surface area contributed by atoms with Crippen LogP contribution in [-0.4, -0.2) is 11.9 Å². The molecule has 1 N–H and O–H groups in total. The summed E-state index contributed by atoms with van der Waals surface area (Å²) in [6.07, 6.45) is 5.42. The largest absolute Gasteiger partial charge is 0.462 e. The summed E-state index contributed by atoms with van der Waals surface area (Å²) in [5.74, 6) is 1.53. The Morgan fingerprint density at radius 3 is 2.93 bits per heavy atom. The molecular weight excluding hydrogens is 178 g/mol. The lowest BCUT2D eigenvalue weighted by molar-refractivity contribution is -0.116. The van der Waals surface area contributed by atoms with Crippen LogP contribution in [0.15, 0.2) is 22.6 Å². The second kappa shape index (κ2) is 3.70. The van der Waals surface area contributed by atoms with Crippen LogP contribution in [0.2, 0.25) is 0 Å². The number of carbonyl (C=O) groups excluding carboxylic acids is 1. The quantitative estimate of drug-likeness (QED) is 0.741. The molecule has 1 aliphatic rings. The van der Waals surface area contributed by atoms with Crippen LogP contribution in [-0.2, 0) is 4.79 Å². The fraction of sp³-hybridized carbons (Fsp3) is 0.364. The number of rotatable bonds is 3. The number of furan rings is 1. The van der Waals surface area contributed by atoms with Gasteiger partial charge in [-0.05, 0) is 38.0 Å². The van der Waals surface area contributed by atoms with Crippen LogP contribution < -0.4 is 5.32 Å². The van der Waals surface area contributed by atoms with Crippen molar-refractivity contribution in [3.8, 4) is 0 Å². The monoisotopic (exact) mass is 191 g/mol. The van der Waals surface area contributed by atoms with E-state index < -0.39 is 0 Å². The van der Waals surface area contributed by atoms with Gasteiger partial charge in [0.25, 0.3) is 0 Å². The van der Waals surface area contributed by atoms with Gasteiger partial charge in [-0.25, -0.2) is 0 Å². The number of hydrogen-bond donors (Lipinski definition) is 1. The van der Waals surface area contributed by atoms with Gasteiger partial charge in [-0.1, -0.05) is 0 Å². The molecule has 1 saturated carbocycles. The van der Waals surface area contributed by atoms with Crippen molar-refractivity contribution in [1.82, 2.24) is 5.32 Å². The maximum absolute atomic E-state index is 11.2. The summed E-state index contributed by atoms with van der Waals surface area (Å²) in [5.41, 5.74) is 0. The van der Waals surface area contributed by atoms with Crippen LogP contribution in [0, 0.1) is 6.92 Å². The van der Waals surface area contributed by atoms with Gasteiger partial charge in [-0.2, -0.15) is 0 Å². The van der Waals surface area contributed by atoms with E-state index in [1.165, 1.54) is 6.08 Å². The zero-order chi connectivity index (χ0) is 9.97. The molecule has 1 aromatic rings. The summed E-state index contributed by atoms with van der Waals surface area (Å²) in [4.78, 5) is 11.2. The maximum atomic E-state index is 11.2. The molecule has 1 amide bonds. The molecule has 3 heteroatoms. The molecule has 0 atom stereocenters. The van der Waals surface area contributed by atoms with Gasteiger partial charge >= 0.3 is 0 Å². The minimum absolute atomic E-state index is 0.0402. The van der Waals surface area contributed by atoms with Crippen LogP contribution in [0.1, 0.15) is 24.4 Å². The zero-order valence-corrected chi connectivity index (χ0v) is 8.12. The van der Waals surface area contributed by atoms with E-state index in [4.69, 9.17) is 4.42 Å². The minimum atomic E-state index is -0.0402. The summed E-state index contributed by atoms with van der Waals surface area (Å²) in [7, 11) is 0. The third-order valence-electron chi connectivity index (χ3n) is 2.08. The molecule has 0 saturated heterocycles. The van der Waals surface area contributed by atoms with E-state index in [2.05, 4.69) is 5.32 Å². The van der Waals surface area contributed by atoms with E-state index in [9.17, 15) is 4.79 Å². The Balaban J connectivity index is 1.88. The lowest BCUT2D eigenvalue weighted by Crippen LogP contribution is -2.22. The smallest absolute Gasteiger partial charge is 0.244 e. The van der Waals surface area contributed by atoms with Gasteiger partial charge in [-0.3, -0.25) is 4.79 Å². The summed E-state index contributed by atoms with van der Waals surface area (Å²) in [6.45, 7) is 1.88. The van der Waals surface area contributed by atoms with Crippen LogP contribution >= 0.6 is 0 Å². The number of hydrogen-bond acceptors (Lipinski definition) is 2. The number of amides is 1. The summed E-state index contributed by atoms with van der Waals surface area (Å²) < 4.78 is 5.29. The topological polar surface area (TPSA) is 42.2 Å². The van der Waals surface area contributed by atoms with Crippen molar-refractivity contribution in [2.24, 2.45) is 0 Å². The first-order chi connectivity index (χ1) is 6.74. The fourth-order valence-corrected chi connectivity index (χ4v) is 1.18. The van der Waals surface area contributed by atoms with Crippen LogP contribution in [0.25, 0.3) is 6.08 Å². The van der Waals surface area contributed by atoms with Gasteiger partial charge < -0.3 is 9.73 Å². The molecule has 1 fully saturated rings. The van der Waals surface area contributed by atoms with Crippen LogP contribution in [0.5, 0.6) is 0 Å². The Hall–Kier alpha value is -1.51. The van der Waals surface area contributed by atoms with E-state index in [0.717, 1.165) is 18.6 Å². The third-order valence-corrected chi connectivity index (χ3v) is 2.08. The van der Waals surface area contributed by atoms with Crippen molar-refractivity contribution < 1.29 is 9.21 Å². The highest BCUT2D eigenvalue weighted by atomic mass is 16.3. The van der Waals surface area contributed by atoms with Crippen molar-refractivity contribution in [1.29, 1.82) is 0 Å². The van der Waals surface area contributed by atoms with Crippen molar-refractivity contribution in [3.05, 3.63) is 29.7 Å². The summed E-state index contributed by atoms with van der Waals surface area (Å²) in [5, 5.41) is 2.86. The van der Waals surface area contributed by atoms with Gasteiger partial charge in [0, 0.05) is 12.1 Å². The predicted molar refractivity (Wildman–Crippen MR) is 53.6 cm³/mol. The van der Waals surface area contributed by atoms with Crippen molar-refractivity contribution in [2.45, 2.75) is 25.8 Å². The second-order valence-electron chi connectivity index (χ2n) is 3.56. The maximum Gasteiger partial charge on any atom is 0.244 e. The molecule has 74 valence electrons. The van der Waals surface area contributed by atoms with Crippen molar-refractivity contribution in [3.63, 3.8) is 0 Å². The molecule has 1 heterocycles. The van der Waals surface area contributed by atoms with Gasteiger partial charge in [0.15, 0.2) is 0 Å². The molecule has 14 heavy (non-hydrogen) atoms. The highest BCUT2D eigenvalue weighted by Gasteiger charge is 2.21. The highest BCUT2D eigenvalue weighted by molar-refractivity contribution is 5.91. The Labute approximate surface area is 82.8 Å². The van der Waals surface area contributed by atoms with E-state index >= 15 is 0 Å². The highest BCUT2D eigenvalue weighted by Crippen LogP contribution is 2.18. The summed E-state index contributed by atoms with van der Waals surface area (Å²) >= 11 is 0. The van der Waals surface area contributed by atoms with Crippen LogP contribution in [0.4, 0.5) is 0 Å². The first-order valence-corrected chi connectivity index (χ1v) is 4.79. The number of nitrogens with one attached hydrogen (secondary N) is 1. The molecule has 2 rings (SSSR count). The predicted octanol–water partition coefficient (Wildman–Crippen LogP) is 1.88. The van der Waals surface area contributed by atoms with E-state index in [1.54, 1.807) is 6.08 Å². The van der Waals surface area contributed by atoms with Gasteiger partial charge in [0.2, 0.25) is 5.91 Å². The average molecular weight is 191 g/mol. The van der Waals surface area contributed by atoms with E-state index in [-0.39, 0.29) is 5.91 Å². The van der Waals surface area contributed by atoms with Gasteiger partial charge in [-0.15, -0.1) is 0 Å². The molecule has 0 aromatic carbocycles. The SMILES string of the molecule is Cc1ccc(C=CC(=O)NC2CC2)o1. The Morgan fingerprint density at radius 2 is 2.36 bits per heavy atom. The Bertz CT molecular complexity index is 361.